The van der Waals surface area contributed by atoms with Gasteiger partial charge in [-0.15, -0.1) is 23.1 Å². The quantitative estimate of drug-likeness (QED) is 0.794. The van der Waals surface area contributed by atoms with Gasteiger partial charge < -0.3 is 19.3 Å². The average molecular weight is 368 g/mol. The molecule has 0 N–H and O–H groups in total. The van der Waals surface area contributed by atoms with Crippen molar-refractivity contribution in [2.45, 2.75) is 24.7 Å². The molecular weight excluding hydrogens is 348 g/mol. The van der Waals surface area contributed by atoms with Gasteiger partial charge in [0, 0.05) is 31.7 Å². The summed E-state index contributed by atoms with van der Waals surface area (Å²) in [6.45, 7) is 2.52. The second-order valence-corrected chi connectivity index (χ2v) is 8.15. The van der Waals surface area contributed by atoms with E-state index in [-0.39, 0.29) is 17.9 Å². The van der Waals surface area contributed by atoms with E-state index in [2.05, 4.69) is 0 Å². The largest absolute Gasteiger partial charge is 0.347 e. The maximum absolute atomic E-state index is 12.9. The third-order valence-corrected chi connectivity index (χ3v) is 6.68. The molecule has 0 radical (unpaired) electrons. The molecule has 3 aliphatic heterocycles. The van der Waals surface area contributed by atoms with Gasteiger partial charge in [0.05, 0.1) is 24.0 Å². The van der Waals surface area contributed by atoms with Gasteiger partial charge in [-0.25, -0.2) is 0 Å². The zero-order chi connectivity index (χ0) is 16.6. The lowest BCUT2D eigenvalue weighted by molar-refractivity contribution is -0.188. The van der Waals surface area contributed by atoms with E-state index in [0.717, 1.165) is 0 Å². The first-order chi connectivity index (χ1) is 11.7. The maximum Gasteiger partial charge on any atom is 0.265 e. The molecule has 130 valence electrons. The van der Waals surface area contributed by atoms with Crippen LogP contribution < -0.4 is 0 Å². The second-order valence-electron chi connectivity index (χ2n) is 6.20. The fourth-order valence-electron chi connectivity index (χ4n) is 3.45. The minimum absolute atomic E-state index is 0.0377. The van der Waals surface area contributed by atoms with Crippen LogP contribution in [-0.4, -0.2) is 71.4 Å². The van der Waals surface area contributed by atoms with Gasteiger partial charge in [0.1, 0.15) is 6.04 Å². The number of amides is 2. The molecule has 0 saturated carbocycles. The molecule has 3 fully saturated rings. The Morgan fingerprint density at radius 3 is 2.62 bits per heavy atom. The van der Waals surface area contributed by atoms with Gasteiger partial charge in [-0.2, -0.15) is 0 Å². The van der Waals surface area contributed by atoms with Crippen molar-refractivity contribution in [3.8, 4) is 0 Å². The van der Waals surface area contributed by atoms with Crippen molar-refractivity contribution in [2.24, 2.45) is 0 Å². The Balaban J connectivity index is 1.41. The smallest absolute Gasteiger partial charge is 0.265 e. The Morgan fingerprint density at radius 1 is 1.21 bits per heavy atom. The van der Waals surface area contributed by atoms with Crippen LogP contribution in [0.25, 0.3) is 0 Å². The summed E-state index contributed by atoms with van der Waals surface area (Å²) in [6.07, 6.45) is 1.41. The summed E-state index contributed by atoms with van der Waals surface area (Å²) in [5.41, 5.74) is 0. The second kappa shape index (κ2) is 6.67. The van der Waals surface area contributed by atoms with E-state index in [1.54, 1.807) is 16.7 Å². The number of nitrogens with zero attached hydrogens (tertiary/aromatic N) is 2. The molecule has 6 nitrogen and oxygen atoms in total. The molecule has 1 spiro atoms. The number of hydrogen-bond donors (Lipinski definition) is 0. The SMILES string of the molecule is O=C(C1CSCN1C(=O)c1cccs1)N1CCC2(CC1)OCCO2. The number of ether oxygens (including phenoxy) is 2. The molecule has 1 aromatic heterocycles. The summed E-state index contributed by atoms with van der Waals surface area (Å²) >= 11 is 3.06. The van der Waals surface area contributed by atoms with E-state index in [4.69, 9.17) is 9.47 Å². The molecule has 24 heavy (non-hydrogen) atoms. The Morgan fingerprint density at radius 2 is 1.96 bits per heavy atom. The Kier molecular flexibility index (Phi) is 4.55. The van der Waals surface area contributed by atoms with Gasteiger partial charge in [-0.1, -0.05) is 6.07 Å². The molecule has 3 saturated heterocycles. The van der Waals surface area contributed by atoms with Crippen molar-refractivity contribution in [1.29, 1.82) is 0 Å². The molecule has 0 aliphatic carbocycles. The summed E-state index contributed by atoms with van der Waals surface area (Å²) in [4.78, 5) is 29.8. The van der Waals surface area contributed by atoms with Crippen molar-refractivity contribution in [2.75, 3.05) is 37.9 Å². The van der Waals surface area contributed by atoms with Crippen LogP contribution in [-0.2, 0) is 14.3 Å². The van der Waals surface area contributed by atoms with E-state index in [1.807, 2.05) is 22.4 Å². The molecule has 4 rings (SSSR count). The number of carbonyl (C=O) groups excluding carboxylic acids is 2. The molecule has 8 heteroatoms. The zero-order valence-corrected chi connectivity index (χ0v) is 14.9. The first-order valence-corrected chi connectivity index (χ1v) is 10.2. The first kappa shape index (κ1) is 16.4. The van der Waals surface area contributed by atoms with Crippen LogP contribution in [0.3, 0.4) is 0 Å². The van der Waals surface area contributed by atoms with E-state index in [1.165, 1.54) is 11.3 Å². The number of thiophene rings is 1. The third kappa shape index (κ3) is 2.96. The normalized spacial score (nSPS) is 26.2. The Bertz CT molecular complexity index is 606. The molecule has 1 atom stereocenters. The van der Waals surface area contributed by atoms with Crippen LogP contribution in [0, 0.1) is 0 Å². The number of thioether (sulfide) groups is 1. The van der Waals surface area contributed by atoms with Crippen LogP contribution >= 0.6 is 23.1 Å². The Hall–Kier alpha value is -1.09. The molecule has 2 amide bonds. The standard InChI is InChI=1S/C16H20N2O4S2/c19-14(17-5-3-16(4-6-17)21-7-8-22-16)12-10-23-11-18(12)15(20)13-2-1-9-24-13/h1-2,9,12H,3-8,10-11H2. The van der Waals surface area contributed by atoms with Crippen molar-refractivity contribution in [3.63, 3.8) is 0 Å². The summed E-state index contributed by atoms with van der Waals surface area (Å²) in [6, 6.07) is 3.32. The van der Waals surface area contributed by atoms with Gasteiger partial charge in [-0.05, 0) is 11.4 Å². The fourth-order valence-corrected chi connectivity index (χ4v) is 5.28. The molecule has 0 bridgehead atoms. The summed E-state index contributed by atoms with van der Waals surface area (Å²) in [7, 11) is 0. The summed E-state index contributed by atoms with van der Waals surface area (Å²) < 4.78 is 11.4. The average Bonchev–Trinajstić information content (AvgIpc) is 3.36. The molecule has 3 aliphatic rings. The lowest BCUT2D eigenvalue weighted by Crippen LogP contribution is -2.53. The highest BCUT2D eigenvalue weighted by molar-refractivity contribution is 7.99. The maximum atomic E-state index is 12.9. The molecule has 4 heterocycles. The zero-order valence-electron chi connectivity index (χ0n) is 13.3. The van der Waals surface area contributed by atoms with Crippen LogP contribution in [0.2, 0.25) is 0 Å². The minimum Gasteiger partial charge on any atom is -0.347 e. The fraction of sp³-hybridized carbons (Fsp3) is 0.625. The van der Waals surface area contributed by atoms with E-state index in [0.29, 0.717) is 55.7 Å². The first-order valence-electron chi connectivity index (χ1n) is 8.17. The third-order valence-electron chi connectivity index (χ3n) is 4.81. The number of carbonyl (C=O) groups is 2. The predicted molar refractivity (Wildman–Crippen MR) is 92.1 cm³/mol. The summed E-state index contributed by atoms with van der Waals surface area (Å²) in [5, 5.41) is 1.89. The van der Waals surface area contributed by atoms with Gasteiger partial charge in [0.15, 0.2) is 5.79 Å². The summed E-state index contributed by atoms with van der Waals surface area (Å²) in [5.74, 6) is 0.789. The van der Waals surface area contributed by atoms with Crippen molar-refractivity contribution >= 4 is 34.9 Å². The molecule has 0 aromatic carbocycles. The molecular formula is C16H20N2O4S2. The number of hydrogen-bond acceptors (Lipinski definition) is 6. The highest BCUT2D eigenvalue weighted by Crippen LogP contribution is 2.33. The Labute approximate surface area is 149 Å². The van der Waals surface area contributed by atoms with Gasteiger partial charge >= 0.3 is 0 Å². The van der Waals surface area contributed by atoms with E-state index < -0.39 is 5.79 Å². The van der Waals surface area contributed by atoms with Crippen LogP contribution in [0.15, 0.2) is 17.5 Å². The number of piperidine rings is 1. The minimum atomic E-state index is -0.478. The monoisotopic (exact) mass is 368 g/mol. The van der Waals surface area contributed by atoms with Crippen LogP contribution in [0.5, 0.6) is 0 Å². The van der Waals surface area contributed by atoms with Crippen LogP contribution in [0.4, 0.5) is 0 Å². The van der Waals surface area contributed by atoms with Crippen molar-refractivity contribution in [3.05, 3.63) is 22.4 Å². The molecule has 1 unspecified atom stereocenters. The number of likely N-dealkylation sites (tertiary alicyclic amines) is 1. The van der Waals surface area contributed by atoms with Gasteiger partial charge in [-0.3, -0.25) is 9.59 Å². The highest BCUT2D eigenvalue weighted by Gasteiger charge is 2.44. The van der Waals surface area contributed by atoms with E-state index in [9.17, 15) is 9.59 Å². The lowest BCUT2D eigenvalue weighted by Gasteiger charge is -2.39. The lowest BCUT2D eigenvalue weighted by atomic mass is 10.0. The molecule has 1 aromatic rings. The topological polar surface area (TPSA) is 59.1 Å². The van der Waals surface area contributed by atoms with E-state index >= 15 is 0 Å². The van der Waals surface area contributed by atoms with Gasteiger partial charge in [0.25, 0.3) is 5.91 Å². The number of rotatable bonds is 2. The van der Waals surface area contributed by atoms with Crippen molar-refractivity contribution in [1.82, 2.24) is 9.80 Å². The predicted octanol–water partition coefficient (Wildman–Crippen LogP) is 1.63. The highest BCUT2D eigenvalue weighted by atomic mass is 32.2. The van der Waals surface area contributed by atoms with Crippen molar-refractivity contribution < 1.29 is 19.1 Å². The van der Waals surface area contributed by atoms with Gasteiger partial charge in [0.2, 0.25) is 5.91 Å². The van der Waals surface area contributed by atoms with Crippen LogP contribution in [0.1, 0.15) is 22.5 Å².